The summed E-state index contributed by atoms with van der Waals surface area (Å²) in [5.41, 5.74) is 8.43. The summed E-state index contributed by atoms with van der Waals surface area (Å²) in [6.07, 6.45) is 8.14. The first-order valence-corrected chi connectivity index (χ1v) is 12.7. The van der Waals surface area contributed by atoms with Gasteiger partial charge in [0.15, 0.2) is 0 Å². The lowest BCUT2D eigenvalue weighted by Crippen LogP contribution is -2.62. The van der Waals surface area contributed by atoms with E-state index in [0.29, 0.717) is 12.8 Å². The number of hydrogen-bond donors (Lipinski definition) is 1. The highest BCUT2D eigenvalue weighted by molar-refractivity contribution is 5.82. The molecule has 2 N–H and O–H groups in total. The molecule has 0 bridgehead atoms. The van der Waals surface area contributed by atoms with E-state index in [2.05, 4.69) is 36.2 Å². The third-order valence-electron chi connectivity index (χ3n) is 7.21. The number of aryl methyl sites for hydroxylation is 1. The van der Waals surface area contributed by atoms with Crippen molar-refractivity contribution < 1.29 is 14.3 Å². The number of benzene rings is 2. The molecule has 2 aromatic carbocycles. The molecule has 1 atom stereocenters. The number of rotatable bonds is 12. The molecule has 1 saturated heterocycles. The topological polar surface area (TPSA) is 90.4 Å². The molecule has 1 aliphatic heterocycles. The monoisotopic (exact) mass is 488 g/mol. The molecule has 1 aliphatic rings. The van der Waals surface area contributed by atoms with Crippen LogP contribution in [-0.2, 0) is 27.8 Å². The maximum atomic E-state index is 13.9. The standard InChI is InChI=1S/C29H36N4O3/c1-3-4-16-29(23-8-6-5-7-9-23)19-33(20-29)28(35)26(17-22-10-13-25(36-2)14-11-22)32-18-24(31-21-32)12-15-27(30)34/h5-11,13-14,18,21,26H,3-4,12,15-17,19-20H2,1-2H3,(H2,30,34)/t26-/m1/s1. The van der Waals surface area contributed by atoms with Crippen molar-refractivity contribution in [1.82, 2.24) is 14.5 Å². The maximum Gasteiger partial charge on any atom is 0.246 e. The van der Waals surface area contributed by atoms with Gasteiger partial charge < -0.3 is 19.9 Å². The first kappa shape index (κ1) is 25.5. The van der Waals surface area contributed by atoms with Crippen LogP contribution in [0.1, 0.15) is 55.5 Å². The molecule has 0 aliphatic carbocycles. The van der Waals surface area contributed by atoms with Gasteiger partial charge in [0.05, 0.1) is 19.1 Å². The molecule has 0 spiro atoms. The number of methoxy groups -OCH3 is 1. The first-order chi connectivity index (χ1) is 17.4. The summed E-state index contributed by atoms with van der Waals surface area (Å²) in [5.74, 6) is 0.511. The zero-order valence-corrected chi connectivity index (χ0v) is 21.2. The van der Waals surface area contributed by atoms with E-state index < -0.39 is 6.04 Å². The van der Waals surface area contributed by atoms with Crippen molar-refractivity contribution in [3.8, 4) is 5.75 Å². The summed E-state index contributed by atoms with van der Waals surface area (Å²) in [5, 5.41) is 0. The Labute approximate surface area is 213 Å². The SMILES string of the molecule is CCCCC1(c2ccccc2)CN(C(=O)[C@@H](Cc2ccc(OC)cc2)n2cnc(CCC(N)=O)c2)C1. The number of imidazole rings is 1. The van der Waals surface area contributed by atoms with Crippen LogP contribution in [0.15, 0.2) is 67.1 Å². The number of amides is 2. The van der Waals surface area contributed by atoms with E-state index in [-0.39, 0.29) is 23.7 Å². The molecule has 0 saturated carbocycles. The lowest BCUT2D eigenvalue weighted by Gasteiger charge is -2.52. The summed E-state index contributed by atoms with van der Waals surface area (Å²) >= 11 is 0. The summed E-state index contributed by atoms with van der Waals surface area (Å²) < 4.78 is 7.18. The first-order valence-electron chi connectivity index (χ1n) is 12.7. The molecule has 7 nitrogen and oxygen atoms in total. The van der Waals surface area contributed by atoms with Gasteiger partial charge in [-0.15, -0.1) is 0 Å². The fourth-order valence-corrected chi connectivity index (χ4v) is 5.08. The second-order valence-corrected chi connectivity index (χ2v) is 9.79. The Morgan fingerprint density at radius 1 is 1.11 bits per heavy atom. The van der Waals surface area contributed by atoms with Gasteiger partial charge >= 0.3 is 0 Å². The number of primary amides is 1. The van der Waals surface area contributed by atoms with Gasteiger partial charge in [-0.25, -0.2) is 4.98 Å². The highest BCUT2D eigenvalue weighted by Crippen LogP contribution is 2.40. The van der Waals surface area contributed by atoms with Gasteiger partial charge in [0, 0.05) is 37.5 Å². The van der Waals surface area contributed by atoms with Crippen molar-refractivity contribution in [2.75, 3.05) is 20.2 Å². The highest BCUT2D eigenvalue weighted by Gasteiger charge is 2.47. The molecule has 0 unspecified atom stereocenters. The highest BCUT2D eigenvalue weighted by atomic mass is 16.5. The van der Waals surface area contributed by atoms with Gasteiger partial charge in [0.1, 0.15) is 11.8 Å². The number of carbonyl (C=O) groups excluding carboxylic acids is 2. The molecular formula is C29H36N4O3. The van der Waals surface area contributed by atoms with Crippen molar-refractivity contribution in [1.29, 1.82) is 0 Å². The molecule has 1 fully saturated rings. The number of nitrogens with zero attached hydrogens (tertiary/aromatic N) is 3. The van der Waals surface area contributed by atoms with Gasteiger partial charge in [0.2, 0.25) is 11.8 Å². The minimum Gasteiger partial charge on any atom is -0.497 e. The number of unbranched alkanes of at least 4 members (excludes halogenated alkanes) is 1. The van der Waals surface area contributed by atoms with Crippen LogP contribution in [0.2, 0.25) is 0 Å². The second kappa shape index (κ2) is 11.4. The molecule has 190 valence electrons. The lowest BCUT2D eigenvalue weighted by atomic mass is 9.70. The molecule has 36 heavy (non-hydrogen) atoms. The van der Waals surface area contributed by atoms with Crippen LogP contribution >= 0.6 is 0 Å². The van der Waals surface area contributed by atoms with Crippen LogP contribution in [-0.4, -0.2) is 46.5 Å². The zero-order chi connectivity index (χ0) is 25.5. The Morgan fingerprint density at radius 3 is 2.47 bits per heavy atom. The Morgan fingerprint density at radius 2 is 1.83 bits per heavy atom. The van der Waals surface area contributed by atoms with Crippen LogP contribution in [0.5, 0.6) is 5.75 Å². The Kier molecular flexibility index (Phi) is 8.08. The van der Waals surface area contributed by atoms with Crippen LogP contribution in [0.4, 0.5) is 0 Å². The number of aromatic nitrogens is 2. The molecule has 2 amide bonds. The molecule has 2 heterocycles. The fraction of sp³-hybridized carbons (Fsp3) is 0.414. The largest absolute Gasteiger partial charge is 0.497 e. The third-order valence-corrected chi connectivity index (χ3v) is 7.21. The van der Waals surface area contributed by atoms with Crippen molar-refractivity contribution in [2.45, 2.75) is 56.9 Å². The number of likely N-dealkylation sites (tertiary alicyclic amines) is 1. The van der Waals surface area contributed by atoms with E-state index >= 15 is 0 Å². The number of ether oxygens (including phenoxy) is 1. The number of nitrogens with two attached hydrogens (primary N) is 1. The van der Waals surface area contributed by atoms with Gasteiger partial charge in [0.25, 0.3) is 0 Å². The minimum absolute atomic E-state index is 0.0131. The predicted octanol–water partition coefficient (Wildman–Crippen LogP) is 4.06. The van der Waals surface area contributed by atoms with E-state index in [1.54, 1.807) is 13.4 Å². The average Bonchev–Trinajstić information content (AvgIpc) is 3.35. The minimum atomic E-state index is -0.423. The van der Waals surface area contributed by atoms with Crippen molar-refractivity contribution in [2.24, 2.45) is 5.73 Å². The van der Waals surface area contributed by atoms with Gasteiger partial charge in [-0.05, 0) is 36.1 Å². The normalized spacial score (nSPS) is 15.2. The molecule has 3 aromatic rings. The van der Waals surface area contributed by atoms with E-state index in [1.165, 1.54) is 5.56 Å². The van der Waals surface area contributed by atoms with Crippen LogP contribution in [0.25, 0.3) is 0 Å². The van der Waals surface area contributed by atoms with Crippen molar-refractivity contribution >= 4 is 11.8 Å². The third kappa shape index (κ3) is 5.78. The van der Waals surface area contributed by atoms with E-state index in [9.17, 15) is 9.59 Å². The van der Waals surface area contributed by atoms with E-state index in [0.717, 1.165) is 49.4 Å². The summed E-state index contributed by atoms with van der Waals surface area (Å²) in [6, 6.07) is 18.0. The maximum absolute atomic E-state index is 13.9. The van der Waals surface area contributed by atoms with Crippen molar-refractivity contribution in [3.63, 3.8) is 0 Å². The molecule has 1 aromatic heterocycles. The molecule has 7 heteroatoms. The van der Waals surface area contributed by atoms with Gasteiger partial charge in [-0.3, -0.25) is 9.59 Å². The fourth-order valence-electron chi connectivity index (χ4n) is 5.08. The van der Waals surface area contributed by atoms with Crippen LogP contribution in [0.3, 0.4) is 0 Å². The lowest BCUT2D eigenvalue weighted by molar-refractivity contribution is -0.143. The zero-order valence-electron chi connectivity index (χ0n) is 21.2. The van der Waals surface area contributed by atoms with Crippen LogP contribution in [0, 0.1) is 0 Å². The van der Waals surface area contributed by atoms with Gasteiger partial charge in [-0.1, -0.05) is 62.2 Å². The second-order valence-electron chi connectivity index (χ2n) is 9.79. The summed E-state index contributed by atoms with van der Waals surface area (Å²) in [6.45, 7) is 3.65. The number of hydrogen-bond acceptors (Lipinski definition) is 4. The van der Waals surface area contributed by atoms with Gasteiger partial charge in [-0.2, -0.15) is 0 Å². The Balaban J connectivity index is 1.55. The number of carbonyl (C=O) groups is 2. The predicted molar refractivity (Wildman–Crippen MR) is 140 cm³/mol. The summed E-state index contributed by atoms with van der Waals surface area (Å²) in [7, 11) is 1.64. The average molecular weight is 489 g/mol. The molecule has 0 radical (unpaired) electrons. The van der Waals surface area contributed by atoms with E-state index in [1.807, 2.05) is 46.0 Å². The Hall–Kier alpha value is -3.61. The molecule has 4 rings (SSSR count). The Bertz CT molecular complexity index is 1150. The van der Waals surface area contributed by atoms with Crippen molar-refractivity contribution in [3.05, 3.63) is 83.9 Å². The summed E-state index contributed by atoms with van der Waals surface area (Å²) in [4.78, 5) is 31.6. The quantitative estimate of drug-likeness (QED) is 0.416. The van der Waals surface area contributed by atoms with Crippen LogP contribution < -0.4 is 10.5 Å². The molecular weight excluding hydrogens is 452 g/mol. The van der Waals surface area contributed by atoms with E-state index in [4.69, 9.17) is 10.5 Å². The smallest absolute Gasteiger partial charge is 0.246 e.